The molecule has 19 heavy (non-hydrogen) atoms. The Kier molecular flexibility index (Phi) is 4.81. The van der Waals surface area contributed by atoms with E-state index in [-0.39, 0.29) is 5.91 Å². The van der Waals surface area contributed by atoms with Gasteiger partial charge in [0.15, 0.2) is 0 Å². The number of amides is 1. The van der Waals surface area contributed by atoms with Crippen molar-refractivity contribution in [2.45, 2.75) is 19.9 Å². The van der Waals surface area contributed by atoms with Crippen LogP contribution in [-0.2, 0) is 20.0 Å². The monoisotopic (exact) mass is 405 g/mol. The minimum absolute atomic E-state index is 0.0836. The minimum atomic E-state index is -0.0836. The van der Waals surface area contributed by atoms with Crippen molar-refractivity contribution in [2.75, 3.05) is 0 Å². The van der Waals surface area contributed by atoms with Crippen molar-refractivity contribution in [1.82, 2.24) is 15.1 Å². The summed E-state index contributed by atoms with van der Waals surface area (Å²) >= 11 is 8.24. The van der Waals surface area contributed by atoms with Gasteiger partial charge in [0.2, 0.25) is 0 Å². The second kappa shape index (κ2) is 6.19. The first kappa shape index (κ1) is 14.7. The predicted octanol–water partition coefficient (Wildman–Crippen LogP) is 3.50. The number of hydrogen-bond donors (Lipinski definition) is 1. The summed E-state index contributed by atoms with van der Waals surface area (Å²) in [5.74, 6) is -0.0836. The highest BCUT2D eigenvalue weighted by Crippen LogP contribution is 2.31. The quantitative estimate of drug-likeness (QED) is 0.844. The van der Waals surface area contributed by atoms with Crippen LogP contribution < -0.4 is 5.32 Å². The van der Waals surface area contributed by atoms with Crippen LogP contribution in [0, 0.1) is 0 Å². The highest BCUT2D eigenvalue weighted by molar-refractivity contribution is 9.12. The van der Waals surface area contributed by atoms with E-state index in [1.165, 1.54) is 11.3 Å². The van der Waals surface area contributed by atoms with Crippen LogP contribution in [0.5, 0.6) is 0 Å². The molecule has 0 fully saturated rings. The van der Waals surface area contributed by atoms with E-state index in [1.54, 1.807) is 4.68 Å². The Balaban J connectivity index is 2.06. The third-order valence-corrected chi connectivity index (χ3v) is 5.01. The van der Waals surface area contributed by atoms with E-state index in [9.17, 15) is 4.79 Å². The van der Waals surface area contributed by atoms with Gasteiger partial charge in [0.1, 0.15) is 0 Å². The van der Waals surface area contributed by atoms with Crippen molar-refractivity contribution in [1.29, 1.82) is 0 Å². The number of carbonyl (C=O) groups excluding carboxylic acids is 1. The largest absolute Gasteiger partial charge is 0.348 e. The first-order valence-electron chi connectivity index (χ1n) is 5.75. The zero-order valence-electron chi connectivity index (χ0n) is 10.5. The van der Waals surface area contributed by atoms with Crippen molar-refractivity contribution in [3.8, 4) is 0 Å². The smallest absolute Gasteiger partial charge is 0.253 e. The van der Waals surface area contributed by atoms with E-state index >= 15 is 0 Å². The molecule has 7 heteroatoms. The molecule has 0 bridgehead atoms. The van der Waals surface area contributed by atoms with E-state index in [0.29, 0.717) is 12.1 Å². The lowest BCUT2D eigenvalue weighted by Gasteiger charge is -2.03. The first-order chi connectivity index (χ1) is 9.01. The maximum Gasteiger partial charge on any atom is 0.253 e. The van der Waals surface area contributed by atoms with Crippen LogP contribution in [0.2, 0.25) is 0 Å². The van der Waals surface area contributed by atoms with E-state index < -0.39 is 0 Å². The van der Waals surface area contributed by atoms with E-state index in [1.807, 2.05) is 19.3 Å². The summed E-state index contributed by atoms with van der Waals surface area (Å²) in [5, 5.41) is 7.27. The second-order valence-electron chi connectivity index (χ2n) is 4.05. The number of nitrogens with zero attached hydrogens (tertiary/aromatic N) is 2. The van der Waals surface area contributed by atoms with Gasteiger partial charge in [0, 0.05) is 25.4 Å². The summed E-state index contributed by atoms with van der Waals surface area (Å²) in [4.78, 5) is 12.1. The molecular formula is C12H13Br2N3OS. The van der Waals surface area contributed by atoms with E-state index in [4.69, 9.17) is 0 Å². The van der Waals surface area contributed by atoms with Gasteiger partial charge in [-0.2, -0.15) is 5.10 Å². The number of thiophene rings is 1. The molecule has 0 unspecified atom stereocenters. The van der Waals surface area contributed by atoms with Gasteiger partial charge in [-0.05, 0) is 44.3 Å². The number of aromatic nitrogens is 2. The summed E-state index contributed by atoms with van der Waals surface area (Å²) < 4.78 is 3.54. The molecule has 0 atom stereocenters. The Labute approximate surface area is 132 Å². The van der Waals surface area contributed by atoms with Gasteiger partial charge in [-0.1, -0.05) is 6.92 Å². The molecule has 2 aromatic heterocycles. The standard InChI is InChI=1S/C12H13Br2N3OS/c1-3-9-7(6-17(2)16-9)5-15-12(18)8-4-10(13)19-11(8)14/h4,6H,3,5H2,1-2H3,(H,15,18). The molecule has 0 saturated heterocycles. The molecule has 0 radical (unpaired) electrons. The number of carbonyl (C=O) groups is 1. The predicted molar refractivity (Wildman–Crippen MR) is 83.5 cm³/mol. The molecule has 102 valence electrons. The molecule has 0 aliphatic carbocycles. The van der Waals surface area contributed by atoms with Gasteiger partial charge in [-0.3, -0.25) is 9.48 Å². The molecule has 2 rings (SSSR count). The highest BCUT2D eigenvalue weighted by atomic mass is 79.9. The van der Waals surface area contributed by atoms with E-state index in [0.717, 1.165) is 25.3 Å². The summed E-state index contributed by atoms with van der Waals surface area (Å²) in [5.41, 5.74) is 2.73. The van der Waals surface area contributed by atoms with Gasteiger partial charge in [-0.15, -0.1) is 11.3 Å². The molecule has 1 N–H and O–H groups in total. The summed E-state index contributed by atoms with van der Waals surface area (Å²) in [6, 6.07) is 1.81. The van der Waals surface area contributed by atoms with Crippen molar-refractivity contribution >= 4 is 49.1 Å². The van der Waals surface area contributed by atoms with Crippen molar-refractivity contribution < 1.29 is 4.79 Å². The van der Waals surface area contributed by atoms with Crippen molar-refractivity contribution in [3.63, 3.8) is 0 Å². The molecular weight excluding hydrogens is 394 g/mol. The molecule has 4 nitrogen and oxygen atoms in total. The zero-order valence-corrected chi connectivity index (χ0v) is 14.5. The van der Waals surface area contributed by atoms with Gasteiger partial charge < -0.3 is 5.32 Å². The van der Waals surface area contributed by atoms with Gasteiger partial charge >= 0.3 is 0 Å². The fraction of sp³-hybridized carbons (Fsp3) is 0.333. The third kappa shape index (κ3) is 3.46. The zero-order chi connectivity index (χ0) is 14.0. The molecule has 0 aliphatic rings. The maximum atomic E-state index is 12.1. The molecule has 0 aliphatic heterocycles. The number of hydrogen-bond acceptors (Lipinski definition) is 3. The average Bonchev–Trinajstić information content (AvgIpc) is 2.88. The lowest BCUT2D eigenvalue weighted by molar-refractivity contribution is 0.0950. The van der Waals surface area contributed by atoms with Gasteiger partial charge in [0.05, 0.1) is 18.8 Å². The topological polar surface area (TPSA) is 46.9 Å². The average molecular weight is 407 g/mol. The van der Waals surface area contributed by atoms with Crippen LogP contribution in [0.4, 0.5) is 0 Å². The lowest BCUT2D eigenvalue weighted by Crippen LogP contribution is -2.22. The Bertz CT molecular complexity index is 606. The Morgan fingerprint density at radius 1 is 1.53 bits per heavy atom. The van der Waals surface area contributed by atoms with Crippen molar-refractivity contribution in [3.05, 3.63) is 36.7 Å². The Hall–Kier alpha value is -0.660. The Morgan fingerprint density at radius 2 is 2.26 bits per heavy atom. The molecule has 2 heterocycles. The number of aryl methyl sites for hydroxylation is 2. The molecule has 0 saturated carbocycles. The van der Waals surface area contributed by atoms with Crippen molar-refractivity contribution in [2.24, 2.45) is 7.05 Å². The fourth-order valence-corrected chi connectivity index (χ4v) is 4.59. The van der Waals surface area contributed by atoms with Crippen LogP contribution in [0.25, 0.3) is 0 Å². The van der Waals surface area contributed by atoms with Crippen LogP contribution in [0.3, 0.4) is 0 Å². The van der Waals surface area contributed by atoms with Crippen LogP contribution in [0.15, 0.2) is 19.8 Å². The van der Waals surface area contributed by atoms with Gasteiger partial charge in [0.25, 0.3) is 5.91 Å². The summed E-state index contributed by atoms with van der Waals surface area (Å²) in [7, 11) is 1.89. The highest BCUT2D eigenvalue weighted by Gasteiger charge is 2.14. The normalized spacial score (nSPS) is 10.7. The molecule has 0 aromatic carbocycles. The third-order valence-electron chi connectivity index (χ3n) is 2.67. The maximum absolute atomic E-state index is 12.1. The molecule has 1 amide bonds. The molecule has 2 aromatic rings. The summed E-state index contributed by atoms with van der Waals surface area (Å²) in [6.45, 7) is 2.55. The van der Waals surface area contributed by atoms with E-state index in [2.05, 4.69) is 49.2 Å². The van der Waals surface area contributed by atoms with Crippen LogP contribution in [-0.4, -0.2) is 15.7 Å². The lowest BCUT2D eigenvalue weighted by atomic mass is 10.2. The minimum Gasteiger partial charge on any atom is -0.348 e. The van der Waals surface area contributed by atoms with Gasteiger partial charge in [-0.25, -0.2) is 0 Å². The second-order valence-corrected chi connectivity index (χ2v) is 7.80. The summed E-state index contributed by atoms with van der Waals surface area (Å²) in [6.07, 6.45) is 2.80. The number of nitrogens with one attached hydrogen (secondary N) is 1. The number of rotatable bonds is 4. The van der Waals surface area contributed by atoms with Crippen LogP contribution >= 0.6 is 43.2 Å². The molecule has 0 spiro atoms. The van der Waals surface area contributed by atoms with Crippen LogP contribution in [0.1, 0.15) is 28.5 Å². The number of halogens is 2. The Morgan fingerprint density at radius 3 is 2.84 bits per heavy atom. The fourth-order valence-electron chi connectivity index (χ4n) is 1.79. The SMILES string of the molecule is CCc1nn(C)cc1CNC(=O)c1cc(Br)sc1Br. The first-order valence-corrected chi connectivity index (χ1v) is 8.16.